The van der Waals surface area contributed by atoms with E-state index in [1.807, 2.05) is 24.3 Å². The lowest BCUT2D eigenvalue weighted by Gasteiger charge is -2.13. The van der Waals surface area contributed by atoms with Gasteiger partial charge in [-0.1, -0.05) is 12.1 Å². The molecule has 0 saturated carbocycles. The van der Waals surface area contributed by atoms with Crippen LogP contribution in [0.2, 0.25) is 0 Å². The largest absolute Gasteiger partial charge is 0.356 e. The van der Waals surface area contributed by atoms with Crippen molar-refractivity contribution < 1.29 is 4.79 Å². The highest BCUT2D eigenvalue weighted by Crippen LogP contribution is 2.08. The summed E-state index contributed by atoms with van der Waals surface area (Å²) in [5.74, 6) is 0.805. The minimum absolute atomic E-state index is 0. The number of carbonyl (C=O) groups is 1. The van der Waals surface area contributed by atoms with E-state index in [2.05, 4.69) is 32.5 Å². The molecular weight excluding hydrogens is 447 g/mol. The average molecular weight is 472 g/mol. The molecule has 0 spiro atoms. The Morgan fingerprint density at radius 1 is 1.20 bits per heavy atom. The third kappa shape index (κ3) is 7.03. The summed E-state index contributed by atoms with van der Waals surface area (Å²) in [5, 5.41) is 10.8. The number of hydrogen-bond donors (Lipinski definition) is 2. The summed E-state index contributed by atoms with van der Waals surface area (Å²) in [6.45, 7) is 1.51. The topological polar surface area (TPSA) is 56.7 Å². The summed E-state index contributed by atoms with van der Waals surface area (Å²) in [6, 6.07) is 9.86. The van der Waals surface area contributed by atoms with Crippen LogP contribution in [0.4, 0.5) is 0 Å². The fourth-order valence-corrected chi connectivity index (χ4v) is 2.91. The smallest absolute Gasteiger partial charge is 0.253 e. The normalized spacial score (nSPS) is 10.8. The van der Waals surface area contributed by atoms with Crippen molar-refractivity contribution in [2.45, 2.75) is 13.0 Å². The molecule has 0 bridgehead atoms. The number of halogens is 1. The minimum Gasteiger partial charge on any atom is -0.356 e. The molecule has 0 saturated heterocycles. The quantitative estimate of drug-likeness (QED) is 0.386. The molecule has 2 aromatic rings. The summed E-state index contributed by atoms with van der Waals surface area (Å²) >= 11 is 1.69. The van der Waals surface area contributed by atoms with Gasteiger partial charge in [0.15, 0.2) is 5.96 Å². The molecule has 1 aromatic carbocycles. The first kappa shape index (κ1) is 21.4. The van der Waals surface area contributed by atoms with Gasteiger partial charge in [-0.2, -0.15) is 11.3 Å². The molecule has 25 heavy (non-hydrogen) atoms. The molecule has 0 aliphatic carbocycles. The van der Waals surface area contributed by atoms with E-state index in [0.29, 0.717) is 0 Å². The van der Waals surface area contributed by atoms with Crippen molar-refractivity contribution in [2.75, 3.05) is 27.7 Å². The van der Waals surface area contributed by atoms with Crippen LogP contribution in [0, 0.1) is 0 Å². The standard InChI is InChI=1S/C18H24N4OS.HI/c1-19-18(21-12-15-8-10-24-13-15)20-9-7-14-5-4-6-16(11-14)17(23)22(2)3;/h4-6,8,10-11,13H,7,9,12H2,1-3H3,(H2,19,20,21);1H. The van der Waals surface area contributed by atoms with Crippen LogP contribution >= 0.6 is 35.3 Å². The Bertz CT molecular complexity index is 686. The van der Waals surface area contributed by atoms with Crippen LogP contribution in [-0.4, -0.2) is 44.5 Å². The van der Waals surface area contributed by atoms with Gasteiger partial charge in [0, 0.05) is 39.8 Å². The summed E-state index contributed by atoms with van der Waals surface area (Å²) in [7, 11) is 5.29. The predicted molar refractivity (Wildman–Crippen MR) is 116 cm³/mol. The fraction of sp³-hybridized carbons (Fsp3) is 0.333. The van der Waals surface area contributed by atoms with E-state index < -0.39 is 0 Å². The number of guanidine groups is 1. The van der Waals surface area contributed by atoms with Gasteiger partial charge in [0.05, 0.1) is 0 Å². The molecule has 0 aliphatic heterocycles. The lowest BCUT2D eigenvalue weighted by atomic mass is 10.1. The van der Waals surface area contributed by atoms with E-state index >= 15 is 0 Å². The van der Waals surface area contributed by atoms with Crippen LogP contribution in [0.15, 0.2) is 46.1 Å². The number of aliphatic imine (C=N–C) groups is 1. The second-order valence-corrected chi connectivity index (χ2v) is 6.41. The molecular formula is C18H25IN4OS. The second kappa shape index (κ2) is 11.1. The third-order valence-electron chi connectivity index (χ3n) is 3.55. The first-order valence-electron chi connectivity index (χ1n) is 7.86. The number of nitrogens with zero attached hydrogens (tertiary/aromatic N) is 2. The van der Waals surface area contributed by atoms with E-state index in [4.69, 9.17) is 0 Å². The highest BCUT2D eigenvalue weighted by atomic mass is 127. The lowest BCUT2D eigenvalue weighted by Crippen LogP contribution is -2.37. The lowest BCUT2D eigenvalue weighted by molar-refractivity contribution is 0.0827. The van der Waals surface area contributed by atoms with Crippen molar-refractivity contribution in [3.8, 4) is 0 Å². The van der Waals surface area contributed by atoms with Gasteiger partial charge in [0.25, 0.3) is 5.91 Å². The summed E-state index contributed by atoms with van der Waals surface area (Å²) in [4.78, 5) is 17.8. The van der Waals surface area contributed by atoms with Gasteiger partial charge in [-0.3, -0.25) is 9.79 Å². The Balaban J connectivity index is 0.00000312. The molecule has 0 unspecified atom stereocenters. The van der Waals surface area contributed by atoms with Crippen molar-refractivity contribution in [3.63, 3.8) is 0 Å². The van der Waals surface area contributed by atoms with Crippen molar-refractivity contribution in [3.05, 3.63) is 57.8 Å². The highest BCUT2D eigenvalue weighted by Gasteiger charge is 2.08. The molecule has 0 fully saturated rings. The molecule has 1 heterocycles. The number of hydrogen-bond acceptors (Lipinski definition) is 3. The number of nitrogens with one attached hydrogen (secondary N) is 2. The van der Waals surface area contributed by atoms with Crippen molar-refractivity contribution in [1.29, 1.82) is 0 Å². The molecule has 0 atom stereocenters. The monoisotopic (exact) mass is 472 g/mol. The molecule has 1 aromatic heterocycles. The molecule has 0 aliphatic rings. The van der Waals surface area contributed by atoms with Crippen LogP contribution in [0.5, 0.6) is 0 Å². The number of amides is 1. The molecule has 2 rings (SSSR count). The van der Waals surface area contributed by atoms with E-state index in [0.717, 1.165) is 36.6 Å². The van der Waals surface area contributed by atoms with Crippen LogP contribution < -0.4 is 10.6 Å². The number of thiophene rings is 1. The Morgan fingerprint density at radius 2 is 2.00 bits per heavy atom. The second-order valence-electron chi connectivity index (χ2n) is 5.63. The average Bonchev–Trinajstić information content (AvgIpc) is 3.11. The first-order valence-corrected chi connectivity index (χ1v) is 8.80. The van der Waals surface area contributed by atoms with Gasteiger partial charge in [-0.05, 0) is 46.5 Å². The van der Waals surface area contributed by atoms with Crippen LogP contribution in [0.1, 0.15) is 21.5 Å². The number of rotatable bonds is 6. The minimum atomic E-state index is 0. The zero-order valence-electron chi connectivity index (χ0n) is 14.8. The highest BCUT2D eigenvalue weighted by molar-refractivity contribution is 14.0. The SMILES string of the molecule is CN=C(NCCc1cccc(C(=O)N(C)C)c1)NCc1ccsc1.I. The summed E-state index contributed by atoms with van der Waals surface area (Å²) in [6.07, 6.45) is 0.827. The van der Waals surface area contributed by atoms with E-state index in [9.17, 15) is 4.79 Å². The first-order chi connectivity index (χ1) is 11.6. The Kier molecular flexibility index (Phi) is 9.51. The van der Waals surface area contributed by atoms with Crippen LogP contribution in [-0.2, 0) is 13.0 Å². The molecule has 5 nitrogen and oxygen atoms in total. The molecule has 2 N–H and O–H groups in total. The number of carbonyl (C=O) groups excluding carboxylic acids is 1. The van der Waals surface area contributed by atoms with Crippen molar-refractivity contribution >= 4 is 47.2 Å². The van der Waals surface area contributed by atoms with Gasteiger partial charge < -0.3 is 15.5 Å². The van der Waals surface area contributed by atoms with E-state index in [-0.39, 0.29) is 29.9 Å². The summed E-state index contributed by atoms with van der Waals surface area (Å²) < 4.78 is 0. The van der Waals surface area contributed by atoms with Crippen molar-refractivity contribution in [2.24, 2.45) is 4.99 Å². The van der Waals surface area contributed by atoms with Crippen LogP contribution in [0.25, 0.3) is 0 Å². The number of benzene rings is 1. The van der Waals surface area contributed by atoms with Gasteiger partial charge >= 0.3 is 0 Å². The van der Waals surface area contributed by atoms with Gasteiger partial charge in [-0.15, -0.1) is 24.0 Å². The maximum atomic E-state index is 12.0. The van der Waals surface area contributed by atoms with E-state index in [1.54, 1.807) is 37.4 Å². The van der Waals surface area contributed by atoms with Gasteiger partial charge in [0.1, 0.15) is 0 Å². The summed E-state index contributed by atoms with van der Waals surface area (Å²) in [5.41, 5.74) is 3.10. The molecule has 1 amide bonds. The zero-order valence-corrected chi connectivity index (χ0v) is 17.9. The maximum Gasteiger partial charge on any atom is 0.253 e. The van der Waals surface area contributed by atoms with Gasteiger partial charge in [0.2, 0.25) is 0 Å². The Labute approximate surface area is 170 Å². The molecule has 7 heteroatoms. The predicted octanol–water partition coefficient (Wildman–Crippen LogP) is 2.98. The fourth-order valence-electron chi connectivity index (χ4n) is 2.24. The maximum absolute atomic E-state index is 12.0. The molecule has 136 valence electrons. The van der Waals surface area contributed by atoms with Crippen molar-refractivity contribution in [1.82, 2.24) is 15.5 Å². The molecule has 0 radical (unpaired) electrons. The third-order valence-corrected chi connectivity index (χ3v) is 4.28. The van der Waals surface area contributed by atoms with E-state index in [1.165, 1.54) is 5.56 Å². The Hall–Kier alpha value is -1.61. The van der Waals surface area contributed by atoms with Gasteiger partial charge in [-0.25, -0.2) is 0 Å². The zero-order chi connectivity index (χ0) is 17.4. The van der Waals surface area contributed by atoms with Crippen LogP contribution in [0.3, 0.4) is 0 Å². The Morgan fingerprint density at radius 3 is 2.64 bits per heavy atom.